The molecule has 0 saturated heterocycles. The fourth-order valence-electron chi connectivity index (χ4n) is 2.94. The van der Waals surface area contributed by atoms with Gasteiger partial charge in [0, 0.05) is 15.1 Å². The van der Waals surface area contributed by atoms with Gasteiger partial charge in [0.25, 0.3) is 0 Å². The summed E-state index contributed by atoms with van der Waals surface area (Å²) in [4.78, 5) is 26.9. The summed E-state index contributed by atoms with van der Waals surface area (Å²) in [6.07, 6.45) is 3.40. The Kier molecular flexibility index (Phi) is 14.2. The minimum atomic E-state index is -0.687. The van der Waals surface area contributed by atoms with Crippen molar-refractivity contribution in [3.05, 3.63) is 25.4 Å². The van der Waals surface area contributed by atoms with Gasteiger partial charge in [0.05, 0.1) is 6.04 Å². The Labute approximate surface area is 175 Å². The van der Waals surface area contributed by atoms with Gasteiger partial charge in [-0.3, -0.25) is 4.79 Å². The SMILES string of the molecule is C=C.C=C(N)[C@H](C)N(CC)C(=O)[C@@H](NC(=O)OC1CCCC1)C(C)(C)C.CC.[HH].[HH]. The molecule has 0 aliphatic heterocycles. The molecular weight excluding hydrogens is 354 g/mol. The Bertz CT molecular complexity index is 491. The van der Waals surface area contributed by atoms with E-state index < -0.39 is 17.6 Å². The molecule has 0 unspecified atom stereocenters. The van der Waals surface area contributed by atoms with Gasteiger partial charge in [0.1, 0.15) is 12.1 Å². The lowest BCUT2D eigenvalue weighted by Crippen LogP contribution is -2.57. The molecule has 1 fully saturated rings. The third kappa shape index (κ3) is 9.29. The van der Waals surface area contributed by atoms with Gasteiger partial charge in [0.15, 0.2) is 0 Å². The molecule has 2 atom stereocenters. The van der Waals surface area contributed by atoms with Crippen LogP contribution in [0.1, 0.15) is 77.0 Å². The maximum absolute atomic E-state index is 13.0. The zero-order chi connectivity index (χ0) is 22.5. The van der Waals surface area contributed by atoms with Gasteiger partial charge in [-0.1, -0.05) is 41.2 Å². The molecule has 1 aliphatic rings. The molecule has 0 bridgehead atoms. The highest BCUT2D eigenvalue weighted by Crippen LogP contribution is 2.24. The van der Waals surface area contributed by atoms with Crippen LogP contribution in [0.3, 0.4) is 0 Å². The Balaban J connectivity index is -0.000000529. The van der Waals surface area contributed by atoms with Crippen LogP contribution in [0.15, 0.2) is 25.4 Å². The van der Waals surface area contributed by atoms with E-state index in [-0.39, 0.29) is 20.9 Å². The molecule has 3 N–H and O–H groups in total. The van der Waals surface area contributed by atoms with Gasteiger partial charge >= 0.3 is 6.09 Å². The van der Waals surface area contributed by atoms with Gasteiger partial charge < -0.3 is 20.7 Å². The highest BCUT2D eigenvalue weighted by molar-refractivity contribution is 5.87. The lowest BCUT2D eigenvalue weighted by Gasteiger charge is -2.37. The summed E-state index contributed by atoms with van der Waals surface area (Å²) >= 11 is 0. The molecule has 1 saturated carbocycles. The number of nitrogens with one attached hydrogen (secondary N) is 1. The van der Waals surface area contributed by atoms with Gasteiger partial charge in [0.2, 0.25) is 5.91 Å². The van der Waals surface area contributed by atoms with E-state index in [1.54, 1.807) is 4.90 Å². The van der Waals surface area contributed by atoms with Crippen LogP contribution in [0.5, 0.6) is 0 Å². The summed E-state index contributed by atoms with van der Waals surface area (Å²) in [5.74, 6) is -0.174. The van der Waals surface area contributed by atoms with Crippen molar-refractivity contribution >= 4 is 12.0 Å². The smallest absolute Gasteiger partial charge is 0.408 e. The van der Waals surface area contributed by atoms with Gasteiger partial charge in [-0.15, -0.1) is 13.2 Å². The second kappa shape index (κ2) is 14.1. The highest BCUT2D eigenvalue weighted by atomic mass is 16.6. The summed E-state index contributed by atoms with van der Waals surface area (Å²) in [5, 5.41) is 2.77. The number of hydrogen-bond acceptors (Lipinski definition) is 4. The summed E-state index contributed by atoms with van der Waals surface area (Å²) < 4.78 is 5.45. The number of rotatable bonds is 6. The second-order valence-electron chi connectivity index (χ2n) is 7.63. The van der Waals surface area contributed by atoms with Gasteiger partial charge in [-0.05, 0) is 44.9 Å². The number of alkyl carbamates (subject to hydrolysis) is 1. The minimum Gasteiger partial charge on any atom is -0.446 e. The molecule has 6 heteroatoms. The van der Waals surface area contributed by atoms with Gasteiger partial charge in [-0.2, -0.15) is 0 Å². The van der Waals surface area contributed by atoms with E-state index in [0.717, 1.165) is 25.7 Å². The number of ether oxygens (including phenoxy) is 1. The van der Waals surface area contributed by atoms with Crippen molar-refractivity contribution in [3.8, 4) is 0 Å². The maximum atomic E-state index is 13.0. The van der Waals surface area contributed by atoms with E-state index in [0.29, 0.717) is 12.2 Å². The predicted molar refractivity (Wildman–Crippen MR) is 122 cm³/mol. The molecule has 1 aliphatic carbocycles. The fourth-order valence-corrected chi connectivity index (χ4v) is 2.94. The molecule has 0 aromatic carbocycles. The molecule has 0 heterocycles. The van der Waals surface area contributed by atoms with Crippen molar-refractivity contribution in [3.63, 3.8) is 0 Å². The van der Waals surface area contributed by atoms with Crippen molar-refractivity contribution in [2.24, 2.45) is 11.1 Å². The largest absolute Gasteiger partial charge is 0.446 e. The predicted octanol–water partition coefficient (Wildman–Crippen LogP) is 5.10. The number of hydrogen-bond donors (Lipinski definition) is 2. The molecule has 0 spiro atoms. The topological polar surface area (TPSA) is 84.7 Å². The van der Waals surface area contributed by atoms with Crippen LogP contribution in [-0.4, -0.2) is 41.6 Å². The van der Waals surface area contributed by atoms with E-state index in [2.05, 4.69) is 25.1 Å². The molecule has 168 valence electrons. The Hall–Kier alpha value is -1.98. The number of amides is 2. The van der Waals surface area contributed by atoms with Crippen molar-refractivity contribution in [2.75, 3.05) is 6.54 Å². The number of likely N-dealkylation sites (N-methyl/N-ethyl adjacent to an activating group) is 1. The van der Waals surface area contributed by atoms with E-state index in [1.165, 1.54) is 0 Å². The second-order valence-corrected chi connectivity index (χ2v) is 7.63. The van der Waals surface area contributed by atoms with Crippen LogP contribution in [0.25, 0.3) is 0 Å². The van der Waals surface area contributed by atoms with Crippen molar-refractivity contribution in [1.82, 2.24) is 10.2 Å². The van der Waals surface area contributed by atoms with E-state index >= 15 is 0 Å². The first-order valence-corrected chi connectivity index (χ1v) is 10.3. The molecule has 2 amide bonds. The fraction of sp³-hybridized carbons (Fsp3) is 0.727. The molecule has 0 aromatic heterocycles. The van der Waals surface area contributed by atoms with Crippen LogP contribution in [-0.2, 0) is 9.53 Å². The lowest BCUT2D eigenvalue weighted by atomic mass is 9.85. The molecule has 28 heavy (non-hydrogen) atoms. The van der Waals surface area contributed by atoms with Gasteiger partial charge in [-0.25, -0.2) is 4.79 Å². The molecule has 0 aromatic rings. The quantitative estimate of drug-likeness (QED) is 0.606. The average molecular weight is 402 g/mol. The van der Waals surface area contributed by atoms with E-state index in [9.17, 15) is 9.59 Å². The minimum absolute atomic E-state index is 0. The van der Waals surface area contributed by atoms with Crippen LogP contribution >= 0.6 is 0 Å². The third-order valence-corrected chi connectivity index (χ3v) is 4.58. The van der Waals surface area contributed by atoms with Crippen LogP contribution in [0.2, 0.25) is 0 Å². The van der Waals surface area contributed by atoms with Crippen molar-refractivity contribution in [2.45, 2.75) is 92.3 Å². The molecule has 6 nitrogen and oxygen atoms in total. The third-order valence-electron chi connectivity index (χ3n) is 4.58. The number of nitrogens with zero attached hydrogens (tertiary/aromatic N) is 1. The molecular formula is C22H47N3O3. The Morgan fingerprint density at radius 3 is 2.07 bits per heavy atom. The summed E-state index contributed by atoms with van der Waals surface area (Å²) in [5.41, 5.74) is 5.74. The first-order valence-electron chi connectivity index (χ1n) is 10.3. The summed E-state index contributed by atoms with van der Waals surface area (Å²) in [6, 6.07) is -0.979. The van der Waals surface area contributed by atoms with E-state index in [1.807, 2.05) is 48.5 Å². The molecule has 1 rings (SSSR count). The van der Waals surface area contributed by atoms with E-state index in [4.69, 9.17) is 10.5 Å². The standard InChI is InChI=1S/C18H33N3O3.C2H6.C2H4.2H2/c1-7-21(13(3)12(2)19)16(22)15(18(4,5)6)20-17(23)24-14-10-8-9-11-14;2*1-2;;/h13-15H,2,7-11,19H2,1,3-6H3,(H,20,23);1-2H3;1-2H2;2*1H/t13-,15+;;;;/m0..../s1. The van der Waals surface area contributed by atoms with Crippen LogP contribution in [0, 0.1) is 5.41 Å². The Morgan fingerprint density at radius 1 is 1.25 bits per heavy atom. The molecule has 0 radical (unpaired) electrons. The lowest BCUT2D eigenvalue weighted by molar-refractivity contribution is -0.137. The van der Waals surface area contributed by atoms with Crippen LogP contribution < -0.4 is 11.1 Å². The monoisotopic (exact) mass is 401 g/mol. The number of carbonyl (C=O) groups is 2. The zero-order valence-electron chi connectivity index (χ0n) is 19.1. The Morgan fingerprint density at radius 2 is 1.71 bits per heavy atom. The summed E-state index contributed by atoms with van der Waals surface area (Å²) in [7, 11) is 0. The first-order chi connectivity index (χ1) is 13.1. The number of nitrogens with two attached hydrogens (primary N) is 1. The van der Waals surface area contributed by atoms with Crippen LogP contribution in [0.4, 0.5) is 4.79 Å². The normalized spacial score (nSPS) is 15.7. The highest BCUT2D eigenvalue weighted by Gasteiger charge is 2.37. The maximum Gasteiger partial charge on any atom is 0.408 e. The van der Waals surface area contributed by atoms with Crippen molar-refractivity contribution in [1.29, 1.82) is 0 Å². The van der Waals surface area contributed by atoms with Crippen molar-refractivity contribution < 1.29 is 17.2 Å². The number of carbonyl (C=O) groups excluding carboxylic acids is 2. The average Bonchev–Trinajstić information content (AvgIpc) is 3.15. The summed E-state index contributed by atoms with van der Waals surface area (Å²) in [6.45, 7) is 23.7. The zero-order valence-corrected chi connectivity index (χ0v) is 19.1. The first kappa shape index (κ1) is 28.2.